The number of likely N-dealkylation sites (N-methyl/N-ethyl adjacent to an activating group) is 1. The predicted molar refractivity (Wildman–Crippen MR) is 60.3 cm³/mol. The van der Waals surface area contributed by atoms with Gasteiger partial charge in [-0.2, -0.15) is 0 Å². The van der Waals surface area contributed by atoms with Gasteiger partial charge in [-0.25, -0.2) is 0 Å². The van der Waals surface area contributed by atoms with Crippen molar-refractivity contribution < 1.29 is 9.59 Å². The van der Waals surface area contributed by atoms with E-state index in [9.17, 15) is 9.59 Å². The number of benzene rings is 1. The normalized spacial score (nSPS) is 16.5. The first-order valence-corrected chi connectivity index (χ1v) is 5.27. The monoisotopic (exact) mass is 218 g/mol. The summed E-state index contributed by atoms with van der Waals surface area (Å²) < 4.78 is 0. The number of rotatable bonds is 3. The third-order valence-corrected chi connectivity index (χ3v) is 2.83. The molecule has 1 atom stereocenters. The van der Waals surface area contributed by atoms with Crippen molar-refractivity contribution in [3.8, 4) is 0 Å². The Bertz CT molecular complexity index is 407. The van der Waals surface area contributed by atoms with E-state index in [1.807, 2.05) is 14.0 Å². The highest BCUT2D eigenvalue weighted by Gasteiger charge is 2.35. The van der Waals surface area contributed by atoms with Gasteiger partial charge in [-0.3, -0.25) is 14.5 Å². The second-order valence-electron chi connectivity index (χ2n) is 3.96. The van der Waals surface area contributed by atoms with Crippen molar-refractivity contribution in [1.29, 1.82) is 0 Å². The zero-order valence-electron chi connectivity index (χ0n) is 9.36. The summed E-state index contributed by atoms with van der Waals surface area (Å²) in [6.07, 6.45) is 0. The van der Waals surface area contributed by atoms with Crippen molar-refractivity contribution in [1.82, 2.24) is 10.2 Å². The molecule has 1 aliphatic heterocycles. The molecule has 0 fully saturated rings. The molecule has 0 spiro atoms. The molecule has 4 nitrogen and oxygen atoms in total. The van der Waals surface area contributed by atoms with Crippen LogP contribution in [0.1, 0.15) is 27.6 Å². The van der Waals surface area contributed by atoms with Crippen LogP contribution >= 0.6 is 0 Å². The van der Waals surface area contributed by atoms with Gasteiger partial charge in [0.05, 0.1) is 11.1 Å². The van der Waals surface area contributed by atoms with Gasteiger partial charge >= 0.3 is 0 Å². The fourth-order valence-electron chi connectivity index (χ4n) is 1.77. The van der Waals surface area contributed by atoms with E-state index in [0.29, 0.717) is 17.7 Å². The summed E-state index contributed by atoms with van der Waals surface area (Å²) in [5.74, 6) is -0.384. The Hall–Kier alpha value is -1.68. The van der Waals surface area contributed by atoms with E-state index < -0.39 is 0 Å². The highest BCUT2D eigenvalue weighted by molar-refractivity contribution is 6.21. The minimum absolute atomic E-state index is 0.0993. The van der Waals surface area contributed by atoms with Crippen LogP contribution in [-0.4, -0.2) is 36.3 Å². The average molecular weight is 218 g/mol. The third kappa shape index (κ3) is 1.61. The topological polar surface area (TPSA) is 49.4 Å². The van der Waals surface area contributed by atoms with E-state index >= 15 is 0 Å². The van der Waals surface area contributed by atoms with Crippen molar-refractivity contribution in [2.45, 2.75) is 13.0 Å². The number of nitrogens with zero attached hydrogens (tertiary/aromatic N) is 1. The Balaban J connectivity index is 2.28. The maximum Gasteiger partial charge on any atom is 0.261 e. The number of carbonyl (C=O) groups excluding carboxylic acids is 2. The van der Waals surface area contributed by atoms with Crippen LogP contribution in [0.3, 0.4) is 0 Å². The van der Waals surface area contributed by atoms with Gasteiger partial charge in [0.25, 0.3) is 11.8 Å². The van der Waals surface area contributed by atoms with Gasteiger partial charge in [-0.1, -0.05) is 12.1 Å². The van der Waals surface area contributed by atoms with Crippen LogP contribution in [0.15, 0.2) is 24.3 Å². The summed E-state index contributed by atoms with van der Waals surface area (Å²) in [6, 6.07) is 7.03. The lowest BCUT2D eigenvalue weighted by molar-refractivity contribution is 0.0642. The van der Waals surface area contributed by atoms with E-state index in [1.165, 1.54) is 4.90 Å². The van der Waals surface area contributed by atoms with E-state index in [4.69, 9.17) is 0 Å². The zero-order valence-corrected chi connectivity index (χ0v) is 9.36. The molecule has 84 valence electrons. The van der Waals surface area contributed by atoms with Gasteiger partial charge in [-0.05, 0) is 26.1 Å². The van der Waals surface area contributed by atoms with Gasteiger partial charge < -0.3 is 5.32 Å². The quantitative estimate of drug-likeness (QED) is 0.766. The van der Waals surface area contributed by atoms with Crippen molar-refractivity contribution in [2.24, 2.45) is 0 Å². The fraction of sp³-hybridized carbons (Fsp3) is 0.333. The second-order valence-corrected chi connectivity index (χ2v) is 3.96. The number of hydrogen-bond acceptors (Lipinski definition) is 3. The van der Waals surface area contributed by atoms with Gasteiger partial charge in [0.1, 0.15) is 0 Å². The van der Waals surface area contributed by atoms with Gasteiger partial charge in [0.2, 0.25) is 0 Å². The molecule has 0 saturated heterocycles. The van der Waals surface area contributed by atoms with Gasteiger partial charge in [0, 0.05) is 12.6 Å². The molecule has 1 aromatic carbocycles. The molecule has 2 rings (SSSR count). The van der Waals surface area contributed by atoms with E-state index in [-0.39, 0.29) is 17.9 Å². The summed E-state index contributed by atoms with van der Waals surface area (Å²) in [4.78, 5) is 25.2. The van der Waals surface area contributed by atoms with E-state index in [1.54, 1.807) is 24.3 Å². The first-order chi connectivity index (χ1) is 7.65. The maximum absolute atomic E-state index is 11.9. The fourth-order valence-corrected chi connectivity index (χ4v) is 1.77. The highest BCUT2D eigenvalue weighted by Crippen LogP contribution is 2.22. The van der Waals surface area contributed by atoms with E-state index in [0.717, 1.165) is 0 Å². The van der Waals surface area contributed by atoms with Crippen LogP contribution in [0.4, 0.5) is 0 Å². The molecule has 0 unspecified atom stereocenters. The second kappa shape index (κ2) is 4.06. The molecular formula is C12H14N2O2. The van der Waals surface area contributed by atoms with Crippen LogP contribution in [0.25, 0.3) is 0 Å². The Labute approximate surface area is 94.2 Å². The number of amides is 2. The van der Waals surface area contributed by atoms with Crippen molar-refractivity contribution >= 4 is 11.8 Å². The molecule has 0 aliphatic carbocycles. The largest absolute Gasteiger partial charge is 0.315 e. The summed E-state index contributed by atoms with van der Waals surface area (Å²) >= 11 is 0. The molecule has 2 amide bonds. The maximum atomic E-state index is 11.9. The lowest BCUT2D eigenvalue weighted by Crippen LogP contribution is -2.40. The minimum Gasteiger partial charge on any atom is -0.315 e. The lowest BCUT2D eigenvalue weighted by Gasteiger charge is -2.18. The summed E-state index contributed by atoms with van der Waals surface area (Å²) in [5, 5.41) is 3.01. The molecule has 0 aromatic heterocycles. The Kier molecular flexibility index (Phi) is 2.75. The van der Waals surface area contributed by atoms with Gasteiger partial charge in [0.15, 0.2) is 0 Å². The highest BCUT2D eigenvalue weighted by atomic mass is 16.2. The number of nitrogens with one attached hydrogen (secondary N) is 1. The molecule has 1 heterocycles. The Morgan fingerprint density at radius 2 is 1.69 bits per heavy atom. The Morgan fingerprint density at radius 1 is 1.19 bits per heavy atom. The smallest absolute Gasteiger partial charge is 0.261 e. The van der Waals surface area contributed by atoms with Crippen LogP contribution in [0.5, 0.6) is 0 Å². The number of hydrogen-bond donors (Lipinski definition) is 1. The van der Waals surface area contributed by atoms with Gasteiger partial charge in [-0.15, -0.1) is 0 Å². The average Bonchev–Trinajstić information content (AvgIpc) is 2.55. The number of fused-ring (bicyclic) bond motifs is 1. The molecule has 1 aromatic rings. The summed E-state index contributed by atoms with van der Waals surface area (Å²) in [7, 11) is 1.81. The molecule has 0 saturated carbocycles. The van der Waals surface area contributed by atoms with E-state index in [2.05, 4.69) is 5.32 Å². The van der Waals surface area contributed by atoms with Crippen LogP contribution in [-0.2, 0) is 0 Å². The van der Waals surface area contributed by atoms with Crippen molar-refractivity contribution in [3.63, 3.8) is 0 Å². The first-order valence-electron chi connectivity index (χ1n) is 5.27. The molecule has 1 N–H and O–H groups in total. The number of imide groups is 1. The minimum atomic E-state index is -0.192. The summed E-state index contributed by atoms with van der Waals surface area (Å²) in [5.41, 5.74) is 1.02. The molecular weight excluding hydrogens is 204 g/mol. The third-order valence-electron chi connectivity index (χ3n) is 2.83. The molecule has 16 heavy (non-hydrogen) atoms. The first kappa shape index (κ1) is 10.8. The molecule has 4 heteroatoms. The van der Waals surface area contributed by atoms with Crippen molar-refractivity contribution in [2.75, 3.05) is 13.6 Å². The molecule has 0 radical (unpaired) electrons. The number of carbonyl (C=O) groups is 2. The standard InChI is InChI=1S/C12H14N2O2/c1-8(13-2)7-14-11(15)9-5-3-4-6-10(9)12(14)16/h3-6,8,13H,7H2,1-2H3/t8-/m1/s1. The molecule has 0 bridgehead atoms. The van der Waals surface area contributed by atoms with Crippen molar-refractivity contribution in [3.05, 3.63) is 35.4 Å². The predicted octanol–water partition coefficient (Wildman–Crippen LogP) is 0.890. The SMILES string of the molecule is CN[C@H](C)CN1C(=O)c2ccccc2C1=O. The van der Waals surface area contributed by atoms with Crippen LogP contribution in [0, 0.1) is 0 Å². The van der Waals surface area contributed by atoms with Crippen LogP contribution in [0.2, 0.25) is 0 Å². The lowest BCUT2D eigenvalue weighted by atomic mass is 10.1. The van der Waals surface area contributed by atoms with Crippen LogP contribution < -0.4 is 5.32 Å². The molecule has 1 aliphatic rings. The zero-order chi connectivity index (χ0) is 11.7. The summed E-state index contributed by atoms with van der Waals surface area (Å²) in [6.45, 7) is 2.34. The Morgan fingerprint density at radius 3 is 2.12 bits per heavy atom.